The molecule has 0 unspecified atom stereocenters. The first-order valence-corrected chi connectivity index (χ1v) is 8.37. The van der Waals surface area contributed by atoms with Gasteiger partial charge in [0.25, 0.3) is 0 Å². The Morgan fingerprint density at radius 1 is 1.00 bits per heavy atom. The van der Waals surface area contributed by atoms with Gasteiger partial charge in [-0.05, 0) is 61.7 Å². The Kier molecular flexibility index (Phi) is 3.61. The van der Waals surface area contributed by atoms with Crippen molar-refractivity contribution >= 4 is 5.97 Å². The summed E-state index contributed by atoms with van der Waals surface area (Å²) in [7, 11) is 0. The molecule has 7 atom stereocenters. The maximum atomic E-state index is 11.3. The zero-order chi connectivity index (χ0) is 15.4. The lowest BCUT2D eigenvalue weighted by Crippen LogP contribution is -2.54. The van der Waals surface area contributed by atoms with Crippen molar-refractivity contribution in [2.24, 2.45) is 28.6 Å². The van der Waals surface area contributed by atoms with Crippen LogP contribution in [-0.4, -0.2) is 33.5 Å². The summed E-state index contributed by atoms with van der Waals surface area (Å²) in [5.74, 6) is 0.429. The normalized spacial score (nSPS) is 53.0. The van der Waals surface area contributed by atoms with Gasteiger partial charge in [-0.15, -0.1) is 0 Å². The smallest absolute Gasteiger partial charge is 0.304 e. The van der Waals surface area contributed by atoms with Crippen molar-refractivity contribution in [2.75, 3.05) is 0 Å². The van der Waals surface area contributed by atoms with E-state index < -0.39 is 17.5 Å². The summed E-state index contributed by atoms with van der Waals surface area (Å²) < 4.78 is 0. The van der Waals surface area contributed by atoms with Crippen LogP contribution in [0, 0.1) is 28.6 Å². The molecule has 120 valence electrons. The fourth-order valence-corrected chi connectivity index (χ4v) is 5.98. The van der Waals surface area contributed by atoms with Crippen LogP contribution < -0.4 is 0 Å². The van der Waals surface area contributed by atoms with Crippen molar-refractivity contribution in [2.45, 2.75) is 71.0 Å². The van der Waals surface area contributed by atoms with Crippen LogP contribution in [0.15, 0.2) is 0 Å². The molecule has 0 radical (unpaired) electrons. The van der Waals surface area contributed by atoms with E-state index in [1.54, 1.807) is 0 Å². The van der Waals surface area contributed by atoms with E-state index in [2.05, 4.69) is 6.92 Å². The minimum Gasteiger partial charge on any atom is -0.481 e. The molecule has 0 saturated heterocycles. The zero-order valence-electron chi connectivity index (χ0n) is 13.1. The van der Waals surface area contributed by atoms with Gasteiger partial charge in [-0.1, -0.05) is 13.8 Å². The number of rotatable bonds is 2. The molecule has 0 amide bonds. The maximum Gasteiger partial charge on any atom is 0.304 e. The number of aliphatic hydroxyl groups is 2. The number of hydrogen-bond donors (Lipinski definition) is 3. The van der Waals surface area contributed by atoms with E-state index in [4.69, 9.17) is 0 Å². The largest absolute Gasteiger partial charge is 0.481 e. The Morgan fingerprint density at radius 3 is 2.33 bits per heavy atom. The van der Waals surface area contributed by atoms with Crippen molar-refractivity contribution in [1.29, 1.82) is 0 Å². The zero-order valence-corrected chi connectivity index (χ0v) is 13.1. The van der Waals surface area contributed by atoms with E-state index in [0.717, 1.165) is 32.1 Å². The lowest BCUT2D eigenvalue weighted by Gasteiger charge is -2.57. The second-order valence-corrected chi connectivity index (χ2v) is 8.18. The van der Waals surface area contributed by atoms with Gasteiger partial charge in [0, 0.05) is 5.41 Å². The Morgan fingerprint density at radius 2 is 1.67 bits per heavy atom. The van der Waals surface area contributed by atoms with Gasteiger partial charge in [0.2, 0.25) is 0 Å². The first-order chi connectivity index (χ1) is 9.79. The van der Waals surface area contributed by atoms with Gasteiger partial charge < -0.3 is 15.3 Å². The van der Waals surface area contributed by atoms with Gasteiger partial charge in [0.15, 0.2) is 0 Å². The molecule has 4 nitrogen and oxygen atoms in total. The summed E-state index contributed by atoms with van der Waals surface area (Å²) in [5.41, 5.74) is -0.503. The van der Waals surface area contributed by atoms with Crippen molar-refractivity contribution in [3.05, 3.63) is 0 Å². The van der Waals surface area contributed by atoms with Crippen LogP contribution in [0.5, 0.6) is 0 Å². The third-order valence-electron chi connectivity index (χ3n) is 7.30. The predicted octanol–water partition coefficient (Wildman–Crippen LogP) is 2.43. The molecule has 3 N–H and O–H groups in total. The standard InChI is InChI=1S/C17H28O4/c1-16-8-7-12-10(11(16)4-6-13(16)18)3-5-14(19)17(12,2)9-15(20)21/h10-14,18-19H,3-9H2,1-2H3,(H,20,21)/t10-,11-,12-,13-,14+,16+,17-/m1/s1. The minimum absolute atomic E-state index is 0.00753. The highest BCUT2D eigenvalue weighted by Gasteiger charge is 2.59. The van der Waals surface area contributed by atoms with Gasteiger partial charge in [0.05, 0.1) is 18.6 Å². The molecule has 0 aliphatic heterocycles. The Balaban J connectivity index is 1.90. The molecule has 3 saturated carbocycles. The third-order valence-corrected chi connectivity index (χ3v) is 7.30. The lowest BCUT2D eigenvalue weighted by atomic mass is 9.49. The van der Waals surface area contributed by atoms with Crippen LogP contribution in [0.2, 0.25) is 0 Å². The average molecular weight is 296 g/mol. The van der Waals surface area contributed by atoms with Crippen LogP contribution >= 0.6 is 0 Å². The van der Waals surface area contributed by atoms with Crippen LogP contribution in [0.25, 0.3) is 0 Å². The summed E-state index contributed by atoms with van der Waals surface area (Å²) in [6, 6.07) is 0. The SMILES string of the molecule is C[C@]12CC[C@@H]3[C@H](CC[C@H](O)[C@]3(C)CC(=O)O)[C@H]1CC[C@H]2O. The molecule has 0 aromatic heterocycles. The fraction of sp³-hybridized carbons (Fsp3) is 0.941. The highest BCUT2D eigenvalue weighted by atomic mass is 16.4. The van der Waals surface area contributed by atoms with Crippen LogP contribution in [0.1, 0.15) is 58.8 Å². The topological polar surface area (TPSA) is 77.8 Å². The average Bonchev–Trinajstić information content (AvgIpc) is 2.70. The molecular weight excluding hydrogens is 268 g/mol. The second kappa shape index (κ2) is 4.95. The van der Waals surface area contributed by atoms with E-state index >= 15 is 0 Å². The quantitative estimate of drug-likeness (QED) is 0.731. The fourth-order valence-electron chi connectivity index (χ4n) is 5.98. The highest BCUT2D eigenvalue weighted by Crippen LogP contribution is 2.63. The summed E-state index contributed by atoms with van der Waals surface area (Å²) in [5, 5.41) is 30.1. The molecule has 3 rings (SSSR count). The van der Waals surface area contributed by atoms with Gasteiger partial charge in [-0.2, -0.15) is 0 Å². The molecule has 3 aliphatic rings. The van der Waals surface area contributed by atoms with Crippen molar-refractivity contribution in [3.63, 3.8) is 0 Å². The van der Waals surface area contributed by atoms with Crippen LogP contribution in [0.4, 0.5) is 0 Å². The van der Waals surface area contributed by atoms with Crippen molar-refractivity contribution < 1.29 is 20.1 Å². The first kappa shape index (κ1) is 15.3. The van der Waals surface area contributed by atoms with E-state index in [1.807, 2.05) is 6.92 Å². The molecular formula is C17H28O4. The first-order valence-electron chi connectivity index (χ1n) is 8.37. The second-order valence-electron chi connectivity index (χ2n) is 8.18. The number of aliphatic carboxylic acids is 1. The lowest BCUT2D eigenvalue weighted by molar-refractivity contribution is -0.159. The third kappa shape index (κ3) is 2.14. The van der Waals surface area contributed by atoms with Gasteiger partial charge in [-0.3, -0.25) is 4.79 Å². The number of carboxylic acid groups (broad SMARTS) is 1. The summed E-state index contributed by atoms with van der Waals surface area (Å²) >= 11 is 0. The van der Waals surface area contributed by atoms with Gasteiger partial charge in [0.1, 0.15) is 0 Å². The molecule has 21 heavy (non-hydrogen) atoms. The summed E-state index contributed by atoms with van der Waals surface area (Å²) in [4.78, 5) is 11.3. The monoisotopic (exact) mass is 296 g/mol. The summed E-state index contributed by atoms with van der Waals surface area (Å²) in [6.45, 7) is 4.18. The van der Waals surface area contributed by atoms with Gasteiger partial charge >= 0.3 is 5.97 Å². The molecule has 0 heterocycles. The molecule has 0 aromatic carbocycles. The number of carbonyl (C=O) groups is 1. The van der Waals surface area contributed by atoms with E-state index in [-0.39, 0.29) is 23.9 Å². The summed E-state index contributed by atoms with van der Waals surface area (Å²) in [6.07, 6.45) is 4.85. The Hall–Kier alpha value is -0.610. The van der Waals surface area contributed by atoms with Crippen molar-refractivity contribution in [1.82, 2.24) is 0 Å². The minimum atomic E-state index is -0.808. The Bertz CT molecular complexity index is 437. The van der Waals surface area contributed by atoms with Crippen molar-refractivity contribution in [3.8, 4) is 0 Å². The maximum absolute atomic E-state index is 11.3. The molecule has 3 aliphatic carbocycles. The highest BCUT2D eigenvalue weighted by molar-refractivity contribution is 5.68. The number of aliphatic hydroxyl groups excluding tert-OH is 2. The van der Waals surface area contributed by atoms with Crippen LogP contribution in [-0.2, 0) is 4.79 Å². The number of carboxylic acids is 1. The predicted molar refractivity (Wildman–Crippen MR) is 78.7 cm³/mol. The van der Waals surface area contributed by atoms with Gasteiger partial charge in [-0.25, -0.2) is 0 Å². The van der Waals surface area contributed by atoms with Crippen LogP contribution in [0.3, 0.4) is 0 Å². The number of fused-ring (bicyclic) bond motifs is 3. The number of hydrogen-bond acceptors (Lipinski definition) is 3. The molecule has 3 fully saturated rings. The molecule has 0 aromatic rings. The molecule has 0 spiro atoms. The molecule has 0 bridgehead atoms. The van der Waals surface area contributed by atoms with E-state index in [0.29, 0.717) is 18.3 Å². The molecule has 4 heteroatoms. The van der Waals surface area contributed by atoms with E-state index in [1.165, 1.54) is 0 Å². The Labute approximate surface area is 126 Å². The van der Waals surface area contributed by atoms with E-state index in [9.17, 15) is 20.1 Å².